The highest BCUT2D eigenvalue weighted by Crippen LogP contribution is 2.33. The highest BCUT2D eigenvalue weighted by molar-refractivity contribution is 7.89. The predicted molar refractivity (Wildman–Crippen MR) is 85.9 cm³/mol. The Bertz CT molecular complexity index is 748. The molecule has 12 heteroatoms. The molecule has 2 N–H and O–H groups in total. The van der Waals surface area contributed by atoms with E-state index >= 15 is 0 Å². The Morgan fingerprint density at radius 1 is 1.22 bits per heavy atom. The smallest absolute Gasteiger partial charge is 0.407 e. The lowest BCUT2D eigenvalue weighted by atomic mass is 10.1. The maximum absolute atomic E-state index is 13.4. The summed E-state index contributed by atoms with van der Waals surface area (Å²) in [6.45, 7) is 0.223. The molecule has 1 saturated heterocycles. The molecular formula is C15H18F4N2O5S. The van der Waals surface area contributed by atoms with Crippen molar-refractivity contribution in [2.45, 2.75) is 18.3 Å². The van der Waals surface area contributed by atoms with Crippen molar-refractivity contribution in [3.05, 3.63) is 35.6 Å². The number of alkyl halides is 3. The highest BCUT2D eigenvalue weighted by Gasteiger charge is 2.44. The summed E-state index contributed by atoms with van der Waals surface area (Å²) in [5, 5.41) is 11.1. The molecule has 0 unspecified atom stereocenters. The van der Waals surface area contributed by atoms with E-state index in [2.05, 4.69) is 0 Å². The lowest BCUT2D eigenvalue weighted by Gasteiger charge is -2.29. The highest BCUT2D eigenvalue weighted by atomic mass is 32.2. The molecule has 27 heavy (non-hydrogen) atoms. The van der Waals surface area contributed by atoms with E-state index in [0.717, 1.165) is 28.6 Å². The molecule has 0 aliphatic carbocycles. The molecule has 1 aromatic rings. The third kappa shape index (κ3) is 5.86. The van der Waals surface area contributed by atoms with E-state index in [4.69, 9.17) is 4.74 Å². The van der Waals surface area contributed by atoms with Gasteiger partial charge in [-0.05, 0) is 17.7 Å². The molecule has 1 fully saturated rings. The first-order chi connectivity index (χ1) is 12.5. The van der Waals surface area contributed by atoms with Crippen LogP contribution in [0.5, 0.6) is 0 Å². The number of halogens is 4. The van der Waals surface area contributed by atoms with Crippen molar-refractivity contribution in [3.63, 3.8) is 0 Å². The maximum Gasteiger partial charge on any atom is 0.407 e. The summed E-state index contributed by atoms with van der Waals surface area (Å²) in [7, 11) is -4.12. The zero-order valence-corrected chi connectivity index (χ0v) is 14.8. The van der Waals surface area contributed by atoms with Gasteiger partial charge in [0, 0.05) is 13.1 Å². The van der Waals surface area contributed by atoms with Crippen molar-refractivity contribution < 1.29 is 40.6 Å². The fourth-order valence-electron chi connectivity index (χ4n) is 2.57. The van der Waals surface area contributed by atoms with E-state index in [-0.39, 0.29) is 26.3 Å². The molecule has 0 amide bonds. The first-order valence-electron chi connectivity index (χ1n) is 7.87. The number of morpholine rings is 1. The van der Waals surface area contributed by atoms with Crippen molar-refractivity contribution in [3.8, 4) is 0 Å². The maximum atomic E-state index is 13.4. The first-order valence-corrected chi connectivity index (χ1v) is 9.48. The van der Waals surface area contributed by atoms with Gasteiger partial charge >= 0.3 is 12.1 Å². The minimum absolute atomic E-state index is 0.00463. The molecule has 0 spiro atoms. The molecule has 0 saturated carbocycles. The summed E-state index contributed by atoms with van der Waals surface area (Å²) >= 11 is 0. The van der Waals surface area contributed by atoms with E-state index in [1.54, 1.807) is 0 Å². The van der Waals surface area contributed by atoms with Crippen molar-refractivity contribution in [2.75, 3.05) is 32.1 Å². The lowest BCUT2D eigenvalue weighted by molar-refractivity contribution is -0.162. The van der Waals surface area contributed by atoms with E-state index in [0.29, 0.717) is 0 Å². The van der Waals surface area contributed by atoms with Crippen LogP contribution in [0.1, 0.15) is 11.6 Å². The SMILES string of the molecule is O=C(O)[C@H](CS(=O)(=O)N1CCOCC1)N[C@@H](c1ccc(F)cc1)C(F)(F)F. The van der Waals surface area contributed by atoms with Crippen molar-refractivity contribution in [2.24, 2.45) is 0 Å². The largest absolute Gasteiger partial charge is 0.480 e. The van der Waals surface area contributed by atoms with E-state index < -0.39 is 51.4 Å². The van der Waals surface area contributed by atoms with Gasteiger partial charge in [0.2, 0.25) is 10.0 Å². The molecule has 7 nitrogen and oxygen atoms in total. The number of rotatable bonds is 7. The Morgan fingerprint density at radius 2 is 1.78 bits per heavy atom. The average molecular weight is 414 g/mol. The van der Waals surface area contributed by atoms with Gasteiger partial charge in [-0.15, -0.1) is 0 Å². The second kappa shape index (κ2) is 8.50. The fourth-order valence-corrected chi connectivity index (χ4v) is 4.14. The standard InChI is InChI=1S/C15H18F4N2O5S/c16-11-3-1-10(2-4-11)13(15(17,18)19)20-12(14(22)23)9-27(24,25)21-5-7-26-8-6-21/h1-4,12-13,20H,5-9H2,(H,22,23)/t12-,13-/m0/s1. The number of aliphatic carboxylic acids is 1. The third-order valence-corrected chi connectivity index (χ3v) is 5.84. The molecule has 1 aliphatic rings. The summed E-state index contributed by atoms with van der Waals surface area (Å²) in [4.78, 5) is 11.4. The van der Waals surface area contributed by atoms with Crippen molar-refractivity contribution in [1.82, 2.24) is 9.62 Å². The van der Waals surface area contributed by atoms with Gasteiger partial charge in [0.1, 0.15) is 17.9 Å². The van der Waals surface area contributed by atoms with E-state index in [9.17, 15) is 35.9 Å². The van der Waals surface area contributed by atoms with Crippen LogP contribution in [0.4, 0.5) is 17.6 Å². The Morgan fingerprint density at radius 3 is 2.26 bits per heavy atom. The second-order valence-corrected chi connectivity index (χ2v) is 7.89. The summed E-state index contributed by atoms with van der Waals surface area (Å²) in [6, 6.07) is -1.17. The first kappa shape index (κ1) is 21.5. The van der Waals surface area contributed by atoms with Gasteiger partial charge in [-0.25, -0.2) is 12.8 Å². The molecule has 2 atom stereocenters. The van der Waals surface area contributed by atoms with Gasteiger partial charge in [-0.1, -0.05) is 12.1 Å². The number of carboxylic acid groups (broad SMARTS) is 1. The number of nitrogens with zero attached hydrogens (tertiary/aromatic N) is 1. The Labute approximate surface area is 153 Å². The van der Waals surface area contributed by atoms with Crippen LogP contribution in [0.3, 0.4) is 0 Å². The molecular weight excluding hydrogens is 396 g/mol. The Hall–Kier alpha value is -1.76. The van der Waals surface area contributed by atoms with Crippen LogP contribution in [0.15, 0.2) is 24.3 Å². The number of hydrogen-bond acceptors (Lipinski definition) is 5. The monoisotopic (exact) mass is 414 g/mol. The normalized spacial score (nSPS) is 18.8. The summed E-state index contributed by atoms with van der Waals surface area (Å²) in [6.07, 6.45) is -4.92. The van der Waals surface area contributed by atoms with Crippen LogP contribution in [0.25, 0.3) is 0 Å². The molecule has 2 rings (SSSR count). The summed E-state index contributed by atoms with van der Waals surface area (Å²) < 4.78 is 83.8. The van der Waals surface area contributed by atoms with Crippen molar-refractivity contribution >= 4 is 16.0 Å². The van der Waals surface area contributed by atoms with Crippen LogP contribution in [-0.2, 0) is 19.6 Å². The Balaban J connectivity index is 2.23. The number of carboxylic acids is 1. The number of benzene rings is 1. The minimum atomic E-state index is -4.92. The van der Waals surface area contributed by atoms with Gasteiger partial charge < -0.3 is 9.84 Å². The quantitative estimate of drug-likeness (QED) is 0.650. The van der Waals surface area contributed by atoms with E-state index in [1.807, 2.05) is 5.32 Å². The molecule has 0 aromatic heterocycles. The number of sulfonamides is 1. The fraction of sp³-hybridized carbons (Fsp3) is 0.533. The molecule has 1 heterocycles. The summed E-state index contributed by atoms with van der Waals surface area (Å²) in [5.74, 6) is -3.57. The van der Waals surface area contributed by atoms with Crippen LogP contribution in [0, 0.1) is 5.82 Å². The zero-order chi connectivity index (χ0) is 20.2. The van der Waals surface area contributed by atoms with Gasteiger partial charge in [-0.2, -0.15) is 17.5 Å². The number of hydrogen-bond donors (Lipinski definition) is 2. The van der Waals surface area contributed by atoms with Crippen molar-refractivity contribution in [1.29, 1.82) is 0 Å². The predicted octanol–water partition coefficient (Wildman–Crippen LogP) is 1.13. The molecule has 1 aliphatic heterocycles. The molecule has 152 valence electrons. The number of nitrogens with one attached hydrogen (secondary N) is 1. The molecule has 0 radical (unpaired) electrons. The zero-order valence-electron chi connectivity index (χ0n) is 13.9. The molecule has 1 aromatic carbocycles. The Kier molecular flexibility index (Phi) is 6.78. The topological polar surface area (TPSA) is 95.9 Å². The van der Waals surface area contributed by atoms with Gasteiger partial charge in [-0.3, -0.25) is 10.1 Å². The van der Waals surface area contributed by atoms with Crippen LogP contribution < -0.4 is 5.32 Å². The lowest BCUT2D eigenvalue weighted by Crippen LogP contribution is -2.51. The van der Waals surface area contributed by atoms with Gasteiger partial charge in [0.25, 0.3) is 0 Å². The van der Waals surface area contributed by atoms with Crippen LogP contribution >= 0.6 is 0 Å². The van der Waals surface area contributed by atoms with Crippen LogP contribution in [-0.4, -0.2) is 68.1 Å². The third-order valence-electron chi connectivity index (χ3n) is 3.94. The van der Waals surface area contributed by atoms with Crippen LogP contribution in [0.2, 0.25) is 0 Å². The van der Waals surface area contributed by atoms with E-state index in [1.165, 1.54) is 0 Å². The average Bonchev–Trinajstić information content (AvgIpc) is 2.59. The summed E-state index contributed by atoms with van der Waals surface area (Å²) in [5.41, 5.74) is -0.432. The number of carbonyl (C=O) groups is 1. The second-order valence-electron chi connectivity index (χ2n) is 5.87. The van der Waals surface area contributed by atoms with Gasteiger partial charge in [0.05, 0.1) is 19.0 Å². The minimum Gasteiger partial charge on any atom is -0.480 e. The molecule has 0 bridgehead atoms. The number of ether oxygens (including phenoxy) is 1. The van der Waals surface area contributed by atoms with Gasteiger partial charge in [0.15, 0.2) is 0 Å².